The van der Waals surface area contributed by atoms with Crippen molar-refractivity contribution >= 4 is 15.7 Å². The highest BCUT2D eigenvalue weighted by Gasteiger charge is 2.27. The van der Waals surface area contributed by atoms with Crippen molar-refractivity contribution in [3.05, 3.63) is 35.4 Å². The number of nitrogens with two attached hydrogens (primary N) is 1. The van der Waals surface area contributed by atoms with Crippen LogP contribution < -0.4 is 11.1 Å². The molecule has 20 heavy (non-hydrogen) atoms. The molecule has 1 heterocycles. The molecule has 1 amide bonds. The molecule has 1 saturated heterocycles. The van der Waals surface area contributed by atoms with E-state index in [0.29, 0.717) is 25.9 Å². The molecule has 1 aromatic rings. The van der Waals surface area contributed by atoms with E-state index in [4.69, 9.17) is 5.73 Å². The second-order valence-corrected chi connectivity index (χ2v) is 7.50. The Labute approximate surface area is 119 Å². The average molecular weight is 296 g/mol. The molecule has 0 saturated carbocycles. The van der Waals surface area contributed by atoms with Crippen LogP contribution in [-0.4, -0.2) is 32.4 Å². The predicted octanol–water partition coefficient (Wildman–Crippen LogP) is 0.239. The zero-order valence-electron chi connectivity index (χ0n) is 11.3. The van der Waals surface area contributed by atoms with Gasteiger partial charge in [-0.2, -0.15) is 0 Å². The molecule has 1 aliphatic rings. The maximum absolute atomic E-state index is 11.8. The normalized spacial score (nSPS) is 20.8. The van der Waals surface area contributed by atoms with Gasteiger partial charge in [-0.3, -0.25) is 4.79 Å². The van der Waals surface area contributed by atoms with Crippen molar-refractivity contribution in [1.29, 1.82) is 0 Å². The summed E-state index contributed by atoms with van der Waals surface area (Å²) in [5, 5.41) is 2.81. The molecular formula is C14H20N2O3S. The minimum atomic E-state index is -2.87. The summed E-state index contributed by atoms with van der Waals surface area (Å²) in [6.07, 6.45) is 0.956. The van der Waals surface area contributed by atoms with Gasteiger partial charge in [-0.05, 0) is 23.5 Å². The lowest BCUT2D eigenvalue weighted by atomic mass is 10.1. The number of sulfone groups is 1. The number of amides is 1. The van der Waals surface area contributed by atoms with Crippen molar-refractivity contribution in [3.8, 4) is 0 Å². The number of carbonyl (C=O) groups is 1. The third-order valence-corrected chi connectivity index (χ3v) is 5.37. The van der Waals surface area contributed by atoms with Crippen LogP contribution in [0.4, 0.5) is 0 Å². The van der Waals surface area contributed by atoms with Gasteiger partial charge in [0.15, 0.2) is 9.84 Å². The van der Waals surface area contributed by atoms with Gasteiger partial charge in [0.25, 0.3) is 0 Å². The first-order chi connectivity index (χ1) is 9.48. The molecule has 0 spiro atoms. The van der Waals surface area contributed by atoms with Crippen LogP contribution >= 0.6 is 0 Å². The molecule has 1 fully saturated rings. The van der Waals surface area contributed by atoms with E-state index in [1.54, 1.807) is 0 Å². The second kappa shape index (κ2) is 6.37. The molecule has 0 radical (unpaired) electrons. The quantitative estimate of drug-likeness (QED) is 0.814. The summed E-state index contributed by atoms with van der Waals surface area (Å²) < 4.78 is 22.6. The van der Waals surface area contributed by atoms with Crippen molar-refractivity contribution in [1.82, 2.24) is 5.32 Å². The van der Waals surface area contributed by atoms with Crippen molar-refractivity contribution in [3.63, 3.8) is 0 Å². The van der Waals surface area contributed by atoms with E-state index in [1.165, 1.54) is 0 Å². The van der Waals surface area contributed by atoms with Gasteiger partial charge < -0.3 is 11.1 Å². The third-order valence-electron chi connectivity index (χ3n) is 3.54. The monoisotopic (exact) mass is 296 g/mol. The maximum atomic E-state index is 11.8. The van der Waals surface area contributed by atoms with Crippen LogP contribution in [0.5, 0.6) is 0 Å². The number of carbonyl (C=O) groups excluding carboxylic acids is 1. The third kappa shape index (κ3) is 4.31. The standard InChI is InChI=1S/C14H20N2O3S/c15-8-12-3-1-11(2-4-12)7-14(17)16-9-13-5-6-20(18,19)10-13/h1-4,13H,5-10,15H2,(H,16,17). The van der Waals surface area contributed by atoms with Gasteiger partial charge in [0.1, 0.15) is 0 Å². The van der Waals surface area contributed by atoms with Crippen molar-refractivity contribution in [2.24, 2.45) is 11.7 Å². The second-order valence-electron chi connectivity index (χ2n) is 5.27. The predicted molar refractivity (Wildman–Crippen MR) is 77.8 cm³/mol. The van der Waals surface area contributed by atoms with Gasteiger partial charge in [-0.15, -0.1) is 0 Å². The Morgan fingerprint density at radius 1 is 1.25 bits per heavy atom. The molecule has 3 N–H and O–H groups in total. The molecule has 110 valence electrons. The molecule has 0 aliphatic carbocycles. The van der Waals surface area contributed by atoms with Crippen LogP contribution in [0.25, 0.3) is 0 Å². The Morgan fingerprint density at radius 3 is 2.45 bits per heavy atom. The zero-order chi connectivity index (χ0) is 14.6. The van der Waals surface area contributed by atoms with Gasteiger partial charge in [-0.25, -0.2) is 8.42 Å². The Kier molecular flexibility index (Phi) is 4.77. The minimum absolute atomic E-state index is 0.0589. The average Bonchev–Trinajstić information content (AvgIpc) is 2.77. The summed E-state index contributed by atoms with van der Waals surface area (Å²) in [5.74, 6) is 0.422. The topological polar surface area (TPSA) is 89.3 Å². The molecule has 1 atom stereocenters. The fourth-order valence-electron chi connectivity index (χ4n) is 2.33. The van der Waals surface area contributed by atoms with Gasteiger partial charge in [0, 0.05) is 13.1 Å². The molecule has 2 rings (SSSR count). The molecular weight excluding hydrogens is 276 g/mol. The Bertz CT molecular complexity index is 567. The number of benzene rings is 1. The number of hydrogen-bond acceptors (Lipinski definition) is 4. The van der Waals surface area contributed by atoms with Crippen LogP contribution in [0.3, 0.4) is 0 Å². The Balaban J connectivity index is 1.78. The maximum Gasteiger partial charge on any atom is 0.224 e. The zero-order valence-corrected chi connectivity index (χ0v) is 12.2. The highest BCUT2D eigenvalue weighted by Crippen LogP contribution is 2.17. The molecule has 0 aromatic heterocycles. The Hall–Kier alpha value is -1.40. The summed E-state index contributed by atoms with van der Waals surface area (Å²) in [6, 6.07) is 7.60. The number of nitrogens with one attached hydrogen (secondary N) is 1. The van der Waals surface area contributed by atoms with Gasteiger partial charge in [0.2, 0.25) is 5.91 Å². The number of rotatable bonds is 5. The lowest BCUT2D eigenvalue weighted by Crippen LogP contribution is -2.31. The van der Waals surface area contributed by atoms with Gasteiger partial charge in [-0.1, -0.05) is 24.3 Å². The van der Waals surface area contributed by atoms with Crippen molar-refractivity contribution in [2.75, 3.05) is 18.1 Å². The van der Waals surface area contributed by atoms with Crippen LogP contribution in [0.1, 0.15) is 17.5 Å². The van der Waals surface area contributed by atoms with E-state index in [2.05, 4.69) is 5.32 Å². The van der Waals surface area contributed by atoms with E-state index in [0.717, 1.165) is 11.1 Å². The van der Waals surface area contributed by atoms with Crippen molar-refractivity contribution in [2.45, 2.75) is 19.4 Å². The molecule has 1 aliphatic heterocycles. The van der Waals surface area contributed by atoms with Crippen LogP contribution in [-0.2, 0) is 27.6 Å². The van der Waals surface area contributed by atoms with Gasteiger partial charge >= 0.3 is 0 Å². The van der Waals surface area contributed by atoms with Crippen molar-refractivity contribution < 1.29 is 13.2 Å². The first-order valence-electron chi connectivity index (χ1n) is 6.73. The molecule has 0 bridgehead atoms. The summed E-state index contributed by atoms with van der Waals surface area (Å²) in [6.45, 7) is 0.932. The SMILES string of the molecule is NCc1ccc(CC(=O)NCC2CCS(=O)(=O)C2)cc1. The molecule has 5 nitrogen and oxygen atoms in total. The summed E-state index contributed by atoms with van der Waals surface area (Å²) >= 11 is 0. The number of hydrogen-bond donors (Lipinski definition) is 2. The molecule has 6 heteroatoms. The van der Waals surface area contributed by atoms with E-state index in [-0.39, 0.29) is 23.3 Å². The summed E-state index contributed by atoms with van der Waals surface area (Å²) in [4.78, 5) is 11.8. The van der Waals surface area contributed by atoms with E-state index >= 15 is 0 Å². The first kappa shape index (κ1) is 15.0. The molecule has 1 unspecified atom stereocenters. The fraction of sp³-hybridized carbons (Fsp3) is 0.500. The van der Waals surface area contributed by atoms with Crippen LogP contribution in [0.15, 0.2) is 24.3 Å². The summed E-state index contributed by atoms with van der Waals surface area (Å²) in [7, 11) is -2.87. The molecule has 1 aromatic carbocycles. The first-order valence-corrected chi connectivity index (χ1v) is 8.55. The fourth-order valence-corrected chi connectivity index (χ4v) is 4.19. The smallest absolute Gasteiger partial charge is 0.224 e. The van der Waals surface area contributed by atoms with E-state index in [9.17, 15) is 13.2 Å². The largest absolute Gasteiger partial charge is 0.356 e. The highest BCUT2D eigenvalue weighted by molar-refractivity contribution is 7.91. The van der Waals surface area contributed by atoms with E-state index < -0.39 is 9.84 Å². The summed E-state index contributed by atoms with van der Waals surface area (Å²) in [5.41, 5.74) is 7.47. The lowest BCUT2D eigenvalue weighted by Gasteiger charge is -2.09. The van der Waals surface area contributed by atoms with E-state index in [1.807, 2.05) is 24.3 Å². The van der Waals surface area contributed by atoms with Crippen LogP contribution in [0.2, 0.25) is 0 Å². The van der Waals surface area contributed by atoms with Crippen LogP contribution in [0, 0.1) is 5.92 Å². The van der Waals surface area contributed by atoms with Gasteiger partial charge in [0.05, 0.1) is 17.9 Å². The minimum Gasteiger partial charge on any atom is -0.356 e. The Morgan fingerprint density at radius 2 is 1.90 bits per heavy atom. The lowest BCUT2D eigenvalue weighted by molar-refractivity contribution is -0.120. The highest BCUT2D eigenvalue weighted by atomic mass is 32.2.